The van der Waals surface area contributed by atoms with Crippen LogP contribution in [-0.4, -0.2) is 20.0 Å². The van der Waals surface area contributed by atoms with Gasteiger partial charge in [0.1, 0.15) is 11.3 Å². The number of hydrogen-bond acceptors (Lipinski definition) is 4. The highest BCUT2D eigenvalue weighted by Crippen LogP contribution is 2.38. The molecule has 1 aliphatic rings. The third-order valence-corrected chi connectivity index (χ3v) is 6.20. The zero-order valence-electron chi connectivity index (χ0n) is 16.2. The molecule has 1 fully saturated rings. The predicted molar refractivity (Wildman–Crippen MR) is 114 cm³/mol. The second-order valence-corrected chi connectivity index (χ2v) is 8.38. The first-order chi connectivity index (χ1) is 13.9. The molecule has 2 aromatic heterocycles. The van der Waals surface area contributed by atoms with E-state index in [0.29, 0.717) is 11.3 Å². The van der Waals surface area contributed by atoms with Gasteiger partial charge in [0.2, 0.25) is 0 Å². The lowest BCUT2D eigenvalue weighted by Crippen LogP contribution is -2.38. The fourth-order valence-corrected chi connectivity index (χ4v) is 3.98. The SMILES string of the molecule is Cn1c(=O)c2ccc(C(=O)NC(c3ccc(Br)cc3)C3CCC3)nc2n(C)c1=O. The number of hydrogen-bond donors (Lipinski definition) is 1. The Morgan fingerprint density at radius 1 is 1.10 bits per heavy atom. The summed E-state index contributed by atoms with van der Waals surface area (Å²) in [6.45, 7) is 0. The van der Waals surface area contributed by atoms with E-state index in [0.717, 1.165) is 33.9 Å². The van der Waals surface area contributed by atoms with Crippen LogP contribution in [0, 0.1) is 5.92 Å². The topological polar surface area (TPSA) is 86.0 Å². The first kappa shape index (κ1) is 19.6. The van der Waals surface area contributed by atoms with Crippen LogP contribution in [0.2, 0.25) is 0 Å². The molecular formula is C21H21BrN4O3. The molecule has 1 N–H and O–H groups in total. The van der Waals surface area contributed by atoms with Crippen LogP contribution in [0.25, 0.3) is 11.0 Å². The van der Waals surface area contributed by atoms with Gasteiger partial charge in [-0.2, -0.15) is 0 Å². The van der Waals surface area contributed by atoms with Crippen LogP contribution in [0.15, 0.2) is 50.5 Å². The average molecular weight is 457 g/mol. The summed E-state index contributed by atoms with van der Waals surface area (Å²) in [6, 6.07) is 10.9. The molecule has 1 aliphatic carbocycles. The number of amides is 1. The molecule has 150 valence electrons. The summed E-state index contributed by atoms with van der Waals surface area (Å²) >= 11 is 3.44. The molecule has 0 bridgehead atoms. The van der Waals surface area contributed by atoms with Gasteiger partial charge >= 0.3 is 5.69 Å². The molecule has 7 nitrogen and oxygen atoms in total. The molecule has 1 saturated carbocycles. The molecule has 1 amide bonds. The van der Waals surface area contributed by atoms with Crippen LogP contribution in [0.4, 0.5) is 0 Å². The summed E-state index contributed by atoms with van der Waals surface area (Å²) in [7, 11) is 2.96. The summed E-state index contributed by atoms with van der Waals surface area (Å²) < 4.78 is 3.30. The standard InChI is InChI=1S/C21H21BrN4O3/c1-25-18-15(20(28)26(2)21(25)29)10-11-16(23-18)19(27)24-17(12-4-3-5-12)13-6-8-14(22)9-7-13/h6-12,17H,3-5H2,1-2H3,(H,24,27). The van der Waals surface area contributed by atoms with Crippen molar-refractivity contribution >= 4 is 32.9 Å². The van der Waals surface area contributed by atoms with Crippen molar-refractivity contribution in [2.45, 2.75) is 25.3 Å². The summed E-state index contributed by atoms with van der Waals surface area (Å²) in [5, 5.41) is 3.41. The fraction of sp³-hybridized carbons (Fsp3) is 0.333. The molecule has 1 atom stereocenters. The smallest absolute Gasteiger partial charge is 0.332 e. The minimum atomic E-state index is -0.477. The zero-order chi connectivity index (χ0) is 20.7. The van der Waals surface area contributed by atoms with E-state index >= 15 is 0 Å². The third-order valence-electron chi connectivity index (χ3n) is 5.67. The van der Waals surface area contributed by atoms with Crippen molar-refractivity contribution in [2.75, 3.05) is 0 Å². The van der Waals surface area contributed by atoms with Gasteiger partial charge in [0.15, 0.2) is 0 Å². The maximum absolute atomic E-state index is 13.0. The van der Waals surface area contributed by atoms with E-state index in [1.165, 1.54) is 24.7 Å². The van der Waals surface area contributed by atoms with Crippen molar-refractivity contribution in [1.29, 1.82) is 0 Å². The highest BCUT2D eigenvalue weighted by molar-refractivity contribution is 9.10. The van der Waals surface area contributed by atoms with Gasteiger partial charge < -0.3 is 5.32 Å². The molecule has 1 aromatic carbocycles. The summed E-state index contributed by atoms with van der Waals surface area (Å²) in [5.41, 5.74) is 0.532. The van der Waals surface area contributed by atoms with Gasteiger partial charge in [0.05, 0.1) is 11.4 Å². The first-order valence-corrected chi connectivity index (χ1v) is 10.3. The number of nitrogens with zero attached hydrogens (tertiary/aromatic N) is 3. The summed E-state index contributed by atoms with van der Waals surface area (Å²) in [6.07, 6.45) is 3.29. The number of rotatable bonds is 4. The van der Waals surface area contributed by atoms with E-state index < -0.39 is 11.2 Å². The maximum Gasteiger partial charge on any atom is 0.332 e. The Bertz CT molecular complexity index is 1210. The summed E-state index contributed by atoms with van der Waals surface area (Å²) in [4.78, 5) is 41.8. The van der Waals surface area contributed by atoms with E-state index in [1.54, 1.807) is 6.07 Å². The maximum atomic E-state index is 13.0. The Labute approximate surface area is 175 Å². The highest BCUT2D eigenvalue weighted by Gasteiger charge is 2.30. The van der Waals surface area contributed by atoms with E-state index in [-0.39, 0.29) is 23.3 Å². The van der Waals surface area contributed by atoms with E-state index in [4.69, 9.17) is 0 Å². The van der Waals surface area contributed by atoms with Gasteiger partial charge in [-0.3, -0.25) is 18.7 Å². The molecule has 1 unspecified atom stereocenters. The second-order valence-electron chi connectivity index (χ2n) is 7.47. The van der Waals surface area contributed by atoms with Crippen molar-refractivity contribution in [3.05, 3.63) is 73.0 Å². The lowest BCUT2D eigenvalue weighted by molar-refractivity contribution is 0.0896. The fourth-order valence-electron chi connectivity index (χ4n) is 3.71. The van der Waals surface area contributed by atoms with Gasteiger partial charge in [-0.1, -0.05) is 34.5 Å². The molecule has 8 heteroatoms. The van der Waals surface area contributed by atoms with Crippen molar-refractivity contribution in [3.63, 3.8) is 0 Å². The third kappa shape index (κ3) is 3.53. The molecular weight excluding hydrogens is 436 g/mol. The van der Waals surface area contributed by atoms with Crippen LogP contribution in [0.1, 0.15) is 41.4 Å². The molecule has 3 aromatic rings. The molecule has 4 rings (SSSR count). The number of benzene rings is 1. The van der Waals surface area contributed by atoms with E-state index in [1.807, 2.05) is 24.3 Å². The Morgan fingerprint density at radius 2 is 1.79 bits per heavy atom. The van der Waals surface area contributed by atoms with Crippen LogP contribution < -0.4 is 16.6 Å². The monoisotopic (exact) mass is 456 g/mol. The average Bonchev–Trinajstić information content (AvgIpc) is 2.69. The Morgan fingerprint density at radius 3 is 2.41 bits per heavy atom. The van der Waals surface area contributed by atoms with Gasteiger partial charge in [-0.15, -0.1) is 0 Å². The summed E-state index contributed by atoms with van der Waals surface area (Å²) in [5.74, 6) is 0.0667. The number of fused-ring (bicyclic) bond motifs is 1. The van der Waals surface area contributed by atoms with Gasteiger partial charge in [0.25, 0.3) is 11.5 Å². The van der Waals surface area contributed by atoms with Crippen molar-refractivity contribution in [1.82, 2.24) is 19.4 Å². The van der Waals surface area contributed by atoms with Crippen LogP contribution in [0.3, 0.4) is 0 Å². The van der Waals surface area contributed by atoms with Crippen LogP contribution >= 0.6 is 15.9 Å². The first-order valence-electron chi connectivity index (χ1n) is 9.50. The largest absolute Gasteiger partial charge is 0.344 e. The quantitative estimate of drug-likeness (QED) is 0.653. The van der Waals surface area contributed by atoms with Gasteiger partial charge in [-0.25, -0.2) is 9.78 Å². The Balaban J connectivity index is 1.69. The number of aryl methyl sites for hydroxylation is 1. The number of pyridine rings is 1. The second kappa shape index (κ2) is 7.59. The van der Waals surface area contributed by atoms with Crippen molar-refractivity contribution in [3.8, 4) is 0 Å². The van der Waals surface area contributed by atoms with Gasteiger partial charge in [-0.05, 0) is 48.6 Å². The molecule has 0 aliphatic heterocycles. The lowest BCUT2D eigenvalue weighted by atomic mass is 9.77. The molecule has 0 saturated heterocycles. The number of halogens is 1. The predicted octanol–water partition coefficient (Wildman–Crippen LogP) is 2.67. The molecule has 0 radical (unpaired) electrons. The number of aromatic nitrogens is 3. The molecule has 29 heavy (non-hydrogen) atoms. The van der Waals surface area contributed by atoms with Crippen molar-refractivity contribution in [2.24, 2.45) is 20.0 Å². The normalized spacial score (nSPS) is 15.1. The van der Waals surface area contributed by atoms with Crippen LogP contribution in [0.5, 0.6) is 0 Å². The Hall–Kier alpha value is -2.74. The van der Waals surface area contributed by atoms with Crippen molar-refractivity contribution < 1.29 is 4.79 Å². The highest BCUT2D eigenvalue weighted by atomic mass is 79.9. The Kier molecular flexibility index (Phi) is 5.12. The minimum Gasteiger partial charge on any atom is -0.344 e. The molecule has 2 heterocycles. The number of carbonyl (C=O) groups is 1. The minimum absolute atomic E-state index is 0.102. The lowest BCUT2D eigenvalue weighted by Gasteiger charge is -2.34. The van der Waals surface area contributed by atoms with Gasteiger partial charge in [0, 0.05) is 18.6 Å². The molecule has 0 spiro atoms. The zero-order valence-corrected chi connectivity index (χ0v) is 17.8. The number of carbonyl (C=O) groups excluding carboxylic acids is 1. The van der Waals surface area contributed by atoms with Crippen LogP contribution in [-0.2, 0) is 14.1 Å². The van der Waals surface area contributed by atoms with E-state index in [2.05, 4.69) is 26.2 Å². The number of nitrogens with one attached hydrogen (secondary N) is 1. The van der Waals surface area contributed by atoms with E-state index in [9.17, 15) is 14.4 Å².